The van der Waals surface area contributed by atoms with Crippen LogP contribution < -0.4 is 6.15 Å². The summed E-state index contributed by atoms with van der Waals surface area (Å²) < 4.78 is 0. The fourth-order valence-electron chi connectivity index (χ4n) is 0. The van der Waals surface area contributed by atoms with Crippen molar-refractivity contribution in [2.75, 3.05) is 0 Å². The summed E-state index contributed by atoms with van der Waals surface area (Å²) >= 11 is 0. The first kappa shape index (κ1) is 13.0. The third-order valence-electron chi connectivity index (χ3n) is 0. The first-order valence-corrected chi connectivity index (χ1v) is 14.2. The van der Waals surface area contributed by atoms with Gasteiger partial charge < -0.3 is 6.15 Å². The summed E-state index contributed by atoms with van der Waals surface area (Å²) in [6.07, 6.45) is 0. The molecule has 0 saturated heterocycles. The van der Waals surface area contributed by atoms with Crippen LogP contribution in [-0.2, 0) is 6.48 Å². The molecule has 0 aromatic rings. The fourth-order valence-corrected chi connectivity index (χ4v) is 0. The van der Waals surface area contributed by atoms with Crippen LogP contribution in [0, 0.1) is 0 Å². The molecule has 0 saturated carbocycles. The summed E-state index contributed by atoms with van der Waals surface area (Å²) in [5, 5.41) is 0. The van der Waals surface area contributed by atoms with E-state index in [0.29, 0.717) is 0 Å². The van der Waals surface area contributed by atoms with Crippen LogP contribution >= 0.6 is 58.1 Å². The third-order valence-corrected chi connectivity index (χ3v) is 0. The zero-order valence-corrected chi connectivity index (χ0v) is 9.90. The van der Waals surface area contributed by atoms with E-state index >= 15 is 0 Å². The molecule has 0 rings (SSSR count). The van der Waals surface area contributed by atoms with Crippen LogP contribution in [0.3, 0.4) is 0 Å². The summed E-state index contributed by atoms with van der Waals surface area (Å²) in [7, 11) is 30.3. The van der Waals surface area contributed by atoms with Crippen molar-refractivity contribution in [1.29, 1.82) is 0 Å². The van der Waals surface area contributed by atoms with Crippen LogP contribution in [0.15, 0.2) is 0 Å². The summed E-state index contributed by atoms with van der Waals surface area (Å²) in [4.78, 5) is 0. The smallest absolute Gasteiger partial charge is 0.369 e. The van der Waals surface area contributed by atoms with Gasteiger partial charge in [-0.05, 0) is 0 Å². The van der Waals surface area contributed by atoms with Gasteiger partial charge in [0.15, 0.2) is 0 Å². The molecule has 59 valence electrons. The molecule has 0 aliphatic rings. The van der Waals surface area contributed by atoms with E-state index in [-0.39, 0.29) is 6.15 Å². The fraction of sp³-hybridized carbons (Fsp3) is 0. The third kappa shape index (κ3) is 82.7. The molecule has 0 bridgehead atoms. The van der Waals surface area contributed by atoms with E-state index in [4.69, 9.17) is 58.1 Å². The van der Waals surface area contributed by atoms with E-state index in [1.165, 1.54) is 0 Å². The predicted octanol–water partition coefficient (Wildman–Crippen LogP) is 4.51. The Morgan fingerprint density at radius 2 is 0.625 bits per heavy atom. The molecule has 0 amide bonds. The van der Waals surface area contributed by atoms with Crippen LogP contribution in [0.5, 0.6) is 0 Å². The van der Waals surface area contributed by atoms with Crippen LogP contribution in [0.2, 0.25) is 0 Å². The topological polar surface area (TPSA) is 36.5 Å². The van der Waals surface area contributed by atoms with Gasteiger partial charge in [0.05, 0.1) is 0 Å². The van der Waals surface area contributed by atoms with Gasteiger partial charge in [0.1, 0.15) is 0 Å². The number of quaternary nitrogens is 1. The van der Waals surface area contributed by atoms with Crippen molar-refractivity contribution in [2.45, 2.75) is 0 Å². The molecule has 0 aromatic carbocycles. The van der Waals surface area contributed by atoms with Crippen LogP contribution in [0.25, 0.3) is 0 Å². The molecular formula is H4Cl6NRu. The van der Waals surface area contributed by atoms with Gasteiger partial charge in [-0.2, -0.15) is 0 Å². The summed E-state index contributed by atoms with van der Waals surface area (Å²) in [6, 6.07) is 0. The van der Waals surface area contributed by atoms with Crippen molar-refractivity contribution in [2.24, 2.45) is 0 Å². The van der Waals surface area contributed by atoms with Crippen molar-refractivity contribution in [3.05, 3.63) is 0 Å². The average Bonchev–Trinajstić information content (AvgIpc) is 0.592. The van der Waals surface area contributed by atoms with E-state index in [1.54, 1.807) is 0 Å². The van der Waals surface area contributed by atoms with Gasteiger partial charge in [-0.1, -0.05) is 0 Å². The molecule has 0 atom stereocenters. The van der Waals surface area contributed by atoms with Gasteiger partial charge in [0.25, 0.3) is 0 Å². The molecule has 0 aromatic heterocycles. The molecule has 0 heterocycles. The molecule has 8 heteroatoms. The molecule has 0 fully saturated rings. The molecule has 0 radical (unpaired) electrons. The molecule has 1 nitrogen and oxygen atoms in total. The molecule has 4 N–H and O–H groups in total. The quantitative estimate of drug-likeness (QED) is 0.634. The van der Waals surface area contributed by atoms with Crippen LogP contribution in [0.1, 0.15) is 0 Å². The number of hydrogen-bond donors (Lipinski definition) is 1. The first-order chi connectivity index (χ1) is 2.45. The Hall–Kier alpha value is 2.32. The van der Waals surface area contributed by atoms with E-state index in [0.717, 1.165) is 0 Å². The van der Waals surface area contributed by atoms with Crippen LogP contribution in [-0.4, -0.2) is 0 Å². The van der Waals surface area contributed by atoms with Crippen LogP contribution in [0.4, 0.5) is 0 Å². The average molecular weight is 332 g/mol. The monoisotopic (exact) mass is 330 g/mol. The zero-order chi connectivity index (χ0) is 6.41. The molecule has 0 aliphatic heterocycles. The van der Waals surface area contributed by atoms with Gasteiger partial charge in [-0.25, -0.2) is 0 Å². The van der Waals surface area contributed by atoms with Gasteiger partial charge in [0, 0.05) is 0 Å². The van der Waals surface area contributed by atoms with Gasteiger partial charge in [-0.15, -0.1) is 0 Å². The van der Waals surface area contributed by atoms with Crippen molar-refractivity contribution in [3.63, 3.8) is 0 Å². The van der Waals surface area contributed by atoms with E-state index < -0.39 is 6.48 Å². The molecule has 8 heavy (non-hydrogen) atoms. The van der Waals surface area contributed by atoms with E-state index in [9.17, 15) is 0 Å². The van der Waals surface area contributed by atoms with E-state index in [1.807, 2.05) is 0 Å². The number of hydrogen-bond acceptors (Lipinski definition) is 0. The molecule has 0 aliphatic carbocycles. The minimum Gasteiger partial charge on any atom is -0.369 e. The summed E-state index contributed by atoms with van der Waals surface area (Å²) in [5.41, 5.74) is 0. The molecule has 0 spiro atoms. The SMILES string of the molecule is [Cl][Ru-]([Cl])([Cl])([Cl])([Cl])[Cl].[NH4+]. The second kappa shape index (κ2) is 2.15. The van der Waals surface area contributed by atoms with Gasteiger partial charge in [0.2, 0.25) is 0 Å². The Bertz CT molecular complexity index is 67.1. The maximum Gasteiger partial charge on any atom is -0.369 e. The Balaban J connectivity index is 0. The minimum absolute atomic E-state index is 0. The van der Waals surface area contributed by atoms with Crippen molar-refractivity contribution < 1.29 is 6.48 Å². The Kier molecular flexibility index (Phi) is 3.48. The molecule has 0 unspecified atom stereocenters. The standard InChI is InChI=1S/6ClH.H3N.Ru/h6*1H;1H3;/q;;;;;;;+5/p-5. The first-order valence-electron chi connectivity index (χ1n) is 0.802. The van der Waals surface area contributed by atoms with Crippen molar-refractivity contribution in [1.82, 2.24) is 6.15 Å². The molecular weight excluding hydrogens is 328 g/mol. The van der Waals surface area contributed by atoms with E-state index in [2.05, 4.69) is 0 Å². The largest absolute Gasteiger partial charge is 0.369 e. The maximum absolute atomic E-state index is 5.22. The predicted molar refractivity (Wildman–Crippen MR) is 41.1 cm³/mol. The minimum atomic E-state index is -5.22. The number of halogens is 6. The van der Waals surface area contributed by atoms with Gasteiger partial charge >= 0.3 is 64.6 Å². The zero-order valence-electron chi connectivity index (χ0n) is 3.62. The number of rotatable bonds is 0. The summed E-state index contributed by atoms with van der Waals surface area (Å²) in [6.45, 7) is -5.22. The van der Waals surface area contributed by atoms with Crippen molar-refractivity contribution in [3.8, 4) is 0 Å². The maximum atomic E-state index is 5.04. The Morgan fingerprint density at radius 3 is 0.625 bits per heavy atom. The van der Waals surface area contributed by atoms with Crippen molar-refractivity contribution >= 4 is 58.1 Å². The Morgan fingerprint density at radius 1 is 0.625 bits per heavy atom. The Labute approximate surface area is 70.0 Å². The van der Waals surface area contributed by atoms with Gasteiger partial charge in [-0.3, -0.25) is 0 Å². The second-order valence-corrected chi connectivity index (χ2v) is 40.3. The summed E-state index contributed by atoms with van der Waals surface area (Å²) in [5.74, 6) is 0. The second-order valence-electron chi connectivity index (χ2n) is 0.758. The normalized spacial score (nSPS) is 20.2.